The van der Waals surface area contributed by atoms with Crippen LogP contribution in [0, 0.1) is 6.92 Å². The van der Waals surface area contributed by atoms with E-state index in [4.69, 9.17) is 20.9 Å². The summed E-state index contributed by atoms with van der Waals surface area (Å²) in [5.41, 5.74) is 0.281. The van der Waals surface area contributed by atoms with Crippen LogP contribution in [0.4, 0.5) is 5.95 Å². The predicted octanol–water partition coefficient (Wildman–Crippen LogP) is 1.38. The molecule has 0 saturated heterocycles. The van der Waals surface area contributed by atoms with E-state index in [1.165, 1.54) is 19.2 Å². The highest BCUT2D eigenvalue weighted by Crippen LogP contribution is 2.17. The summed E-state index contributed by atoms with van der Waals surface area (Å²) in [7, 11) is -2.34. The summed E-state index contributed by atoms with van der Waals surface area (Å²) in [6.07, 6.45) is 0. The molecule has 0 saturated carbocycles. The Morgan fingerprint density at radius 2 is 2.15 bits per heavy atom. The number of methoxy groups -OCH3 is 1. The molecule has 0 aliphatic rings. The molecule has 2 aromatic rings. The second kappa shape index (κ2) is 5.63. The number of anilines is 1. The van der Waals surface area contributed by atoms with E-state index in [9.17, 15) is 8.42 Å². The minimum atomic E-state index is -3.73. The zero-order valence-electron chi connectivity index (χ0n) is 10.6. The first-order valence-corrected chi connectivity index (χ1v) is 7.42. The fraction of sp³-hybridized carbons (Fsp3) is 0.300. The highest BCUT2D eigenvalue weighted by atomic mass is 35.5. The molecule has 0 aliphatic heterocycles. The molecule has 0 aliphatic carbocycles. The van der Waals surface area contributed by atoms with Crippen LogP contribution in [0.25, 0.3) is 0 Å². The molecule has 20 heavy (non-hydrogen) atoms. The zero-order chi connectivity index (χ0) is 14.8. The van der Waals surface area contributed by atoms with Gasteiger partial charge in [-0.3, -0.25) is 4.72 Å². The van der Waals surface area contributed by atoms with E-state index in [0.717, 1.165) is 0 Å². The first-order valence-electron chi connectivity index (χ1n) is 5.39. The summed E-state index contributed by atoms with van der Waals surface area (Å²) in [5, 5.41) is 3.67. The lowest BCUT2D eigenvalue weighted by Gasteiger charge is -2.06. The van der Waals surface area contributed by atoms with E-state index in [0.29, 0.717) is 5.76 Å². The second-order valence-electron chi connectivity index (χ2n) is 3.85. The molecule has 108 valence electrons. The number of halogens is 1. The average molecular weight is 319 g/mol. The Balaban J connectivity index is 2.17. The molecular formula is C10H11ClN4O4S. The molecule has 0 amide bonds. The molecule has 0 radical (unpaired) electrons. The number of hydrogen-bond donors (Lipinski definition) is 1. The number of ether oxygens (including phenoxy) is 1. The number of aromatic nitrogens is 3. The fourth-order valence-electron chi connectivity index (χ4n) is 1.40. The van der Waals surface area contributed by atoms with Crippen LogP contribution in [-0.2, 0) is 15.8 Å². The summed E-state index contributed by atoms with van der Waals surface area (Å²) < 4.78 is 35.7. The Labute approximate surface area is 120 Å². The average Bonchev–Trinajstić information content (AvgIpc) is 2.72. The van der Waals surface area contributed by atoms with Crippen molar-refractivity contribution in [2.45, 2.75) is 12.7 Å². The van der Waals surface area contributed by atoms with Crippen molar-refractivity contribution in [2.75, 3.05) is 11.8 Å². The lowest BCUT2D eigenvalue weighted by Crippen LogP contribution is -2.17. The van der Waals surface area contributed by atoms with Crippen LogP contribution in [0.2, 0.25) is 5.15 Å². The molecule has 8 nitrogen and oxygen atoms in total. The lowest BCUT2D eigenvalue weighted by molar-refractivity contribution is 0.392. The quantitative estimate of drug-likeness (QED) is 0.830. The number of aryl methyl sites for hydroxylation is 1. The summed E-state index contributed by atoms with van der Waals surface area (Å²) in [6, 6.07) is 2.89. The van der Waals surface area contributed by atoms with Gasteiger partial charge in [-0.15, -0.1) is 0 Å². The Morgan fingerprint density at radius 1 is 1.40 bits per heavy atom. The molecule has 0 fully saturated rings. The van der Waals surface area contributed by atoms with Crippen molar-refractivity contribution in [3.63, 3.8) is 0 Å². The van der Waals surface area contributed by atoms with Crippen molar-refractivity contribution in [1.29, 1.82) is 0 Å². The van der Waals surface area contributed by atoms with Crippen molar-refractivity contribution in [3.8, 4) is 5.88 Å². The van der Waals surface area contributed by atoms with Gasteiger partial charge in [0.2, 0.25) is 21.9 Å². The number of hydrogen-bond acceptors (Lipinski definition) is 7. The maximum atomic E-state index is 11.9. The normalized spacial score (nSPS) is 11.3. The topological polar surface area (TPSA) is 107 Å². The van der Waals surface area contributed by atoms with Crippen LogP contribution >= 0.6 is 11.6 Å². The third kappa shape index (κ3) is 3.81. The zero-order valence-corrected chi connectivity index (χ0v) is 12.2. The Hall–Kier alpha value is -1.87. The van der Waals surface area contributed by atoms with Crippen molar-refractivity contribution in [3.05, 3.63) is 28.7 Å². The Bertz CT molecular complexity index is 716. The minimum Gasteiger partial charge on any atom is -0.481 e. The number of nitrogens with zero attached hydrogens (tertiary/aromatic N) is 3. The van der Waals surface area contributed by atoms with E-state index in [2.05, 4.69) is 19.8 Å². The molecule has 10 heteroatoms. The van der Waals surface area contributed by atoms with Crippen LogP contribution < -0.4 is 9.46 Å². The maximum Gasteiger partial charge on any atom is 0.241 e. The lowest BCUT2D eigenvalue weighted by atomic mass is 10.4. The number of nitrogens with one attached hydrogen (secondary N) is 1. The third-order valence-electron chi connectivity index (χ3n) is 2.14. The first kappa shape index (κ1) is 14.5. The van der Waals surface area contributed by atoms with Gasteiger partial charge in [0.25, 0.3) is 0 Å². The van der Waals surface area contributed by atoms with Crippen molar-refractivity contribution in [2.24, 2.45) is 0 Å². The van der Waals surface area contributed by atoms with Crippen LogP contribution in [0.1, 0.15) is 11.5 Å². The molecule has 1 N–H and O–H groups in total. The van der Waals surface area contributed by atoms with Gasteiger partial charge in [-0.05, 0) is 6.92 Å². The number of rotatable bonds is 5. The maximum absolute atomic E-state index is 11.9. The van der Waals surface area contributed by atoms with Crippen LogP contribution in [0.5, 0.6) is 5.88 Å². The van der Waals surface area contributed by atoms with E-state index >= 15 is 0 Å². The second-order valence-corrected chi connectivity index (χ2v) is 5.96. The Morgan fingerprint density at radius 3 is 2.75 bits per heavy atom. The van der Waals surface area contributed by atoms with Gasteiger partial charge >= 0.3 is 0 Å². The van der Waals surface area contributed by atoms with Crippen molar-refractivity contribution < 1.29 is 17.7 Å². The largest absolute Gasteiger partial charge is 0.481 e. The highest BCUT2D eigenvalue weighted by molar-refractivity contribution is 7.91. The summed E-state index contributed by atoms with van der Waals surface area (Å²) >= 11 is 5.73. The van der Waals surface area contributed by atoms with Gasteiger partial charge in [0.1, 0.15) is 22.4 Å². The molecule has 0 aromatic carbocycles. The van der Waals surface area contributed by atoms with E-state index in [-0.39, 0.29) is 28.4 Å². The van der Waals surface area contributed by atoms with Gasteiger partial charge in [0.15, 0.2) is 0 Å². The fourth-order valence-corrected chi connectivity index (χ4v) is 2.54. The van der Waals surface area contributed by atoms with Crippen LogP contribution in [0.15, 0.2) is 16.7 Å². The van der Waals surface area contributed by atoms with Crippen molar-refractivity contribution >= 4 is 27.6 Å². The molecule has 0 atom stereocenters. The van der Waals surface area contributed by atoms with E-state index < -0.39 is 10.0 Å². The standard InChI is InChI=1S/C10H11ClN4O4S/c1-6-3-7(14-19-6)5-20(16,17)15-10-12-8(11)4-9(13-10)18-2/h3-4H,5H2,1-2H3,(H,12,13,15). The van der Waals surface area contributed by atoms with Gasteiger partial charge in [-0.1, -0.05) is 16.8 Å². The van der Waals surface area contributed by atoms with Gasteiger partial charge in [0, 0.05) is 12.1 Å². The van der Waals surface area contributed by atoms with Crippen LogP contribution in [0.3, 0.4) is 0 Å². The summed E-state index contributed by atoms with van der Waals surface area (Å²) in [4.78, 5) is 7.59. The van der Waals surface area contributed by atoms with Crippen LogP contribution in [-0.4, -0.2) is 30.7 Å². The predicted molar refractivity (Wildman–Crippen MR) is 71.1 cm³/mol. The monoisotopic (exact) mass is 318 g/mol. The molecule has 2 aromatic heterocycles. The van der Waals surface area contributed by atoms with Gasteiger partial charge in [-0.25, -0.2) is 13.4 Å². The smallest absolute Gasteiger partial charge is 0.241 e. The minimum absolute atomic E-state index is 0.0619. The Kier molecular flexibility index (Phi) is 4.09. The molecular weight excluding hydrogens is 308 g/mol. The van der Waals surface area contributed by atoms with Gasteiger partial charge in [0.05, 0.1) is 7.11 Å². The molecule has 2 rings (SSSR count). The number of sulfonamides is 1. The van der Waals surface area contributed by atoms with Gasteiger partial charge < -0.3 is 9.26 Å². The van der Waals surface area contributed by atoms with E-state index in [1.807, 2.05) is 0 Å². The van der Waals surface area contributed by atoms with Crippen molar-refractivity contribution in [1.82, 2.24) is 15.1 Å². The molecule has 0 unspecified atom stereocenters. The molecule has 2 heterocycles. The SMILES string of the molecule is COc1cc(Cl)nc(NS(=O)(=O)Cc2cc(C)on2)n1. The molecule has 0 bridgehead atoms. The highest BCUT2D eigenvalue weighted by Gasteiger charge is 2.17. The van der Waals surface area contributed by atoms with Gasteiger partial charge in [-0.2, -0.15) is 4.98 Å². The summed E-state index contributed by atoms with van der Waals surface area (Å²) in [6.45, 7) is 1.67. The third-order valence-corrected chi connectivity index (χ3v) is 3.50. The summed E-state index contributed by atoms with van der Waals surface area (Å²) in [5.74, 6) is 0.146. The first-order chi connectivity index (χ1) is 9.38. The van der Waals surface area contributed by atoms with E-state index in [1.54, 1.807) is 6.92 Å². The molecule has 0 spiro atoms.